The Morgan fingerprint density at radius 2 is 1.67 bits per heavy atom. The van der Waals surface area contributed by atoms with Crippen LogP contribution < -0.4 is 10.2 Å². The molecule has 0 atom stereocenters. The Labute approximate surface area is 243 Å². The van der Waals surface area contributed by atoms with Crippen molar-refractivity contribution in [2.75, 3.05) is 68.8 Å². The van der Waals surface area contributed by atoms with Crippen molar-refractivity contribution in [3.8, 4) is 0 Å². The molecule has 0 saturated carbocycles. The molecule has 1 aromatic carbocycles. The Morgan fingerprint density at radius 3 is 2.26 bits per heavy atom. The van der Waals surface area contributed by atoms with Crippen molar-refractivity contribution < 1.29 is 31.2 Å². The van der Waals surface area contributed by atoms with Crippen LogP contribution in [0.5, 0.6) is 0 Å². The summed E-state index contributed by atoms with van der Waals surface area (Å²) in [6.45, 7) is 5.77. The van der Waals surface area contributed by atoms with Crippen LogP contribution in [-0.2, 0) is 27.5 Å². The van der Waals surface area contributed by atoms with E-state index in [0.717, 1.165) is 18.1 Å². The van der Waals surface area contributed by atoms with Crippen LogP contribution in [0.15, 0.2) is 30.5 Å². The molecule has 3 aliphatic heterocycles. The molecule has 3 fully saturated rings. The van der Waals surface area contributed by atoms with Crippen LogP contribution in [0, 0.1) is 5.41 Å². The van der Waals surface area contributed by atoms with Gasteiger partial charge in [0.15, 0.2) is 5.82 Å². The number of hydrogen-bond donors (Lipinski definition) is 1. The minimum absolute atomic E-state index is 0.137. The minimum atomic E-state index is -4.47. The molecule has 0 radical (unpaired) electrons. The average molecular weight is 612 g/mol. The molecule has 11 nitrogen and oxygen atoms in total. The van der Waals surface area contributed by atoms with Gasteiger partial charge in [-0.3, -0.25) is 9.69 Å². The molecule has 1 N–H and O–H groups in total. The Balaban J connectivity index is 1.24. The van der Waals surface area contributed by atoms with Gasteiger partial charge >= 0.3 is 12.2 Å². The summed E-state index contributed by atoms with van der Waals surface area (Å²) in [6.07, 6.45) is 0.428. The van der Waals surface area contributed by atoms with Gasteiger partial charge in [0, 0.05) is 83.8 Å². The van der Waals surface area contributed by atoms with E-state index in [1.54, 1.807) is 17.0 Å². The second-order valence-corrected chi connectivity index (χ2v) is 13.5. The van der Waals surface area contributed by atoms with Gasteiger partial charge < -0.3 is 15.1 Å². The van der Waals surface area contributed by atoms with Crippen LogP contribution in [-0.4, -0.2) is 103 Å². The lowest BCUT2D eigenvalue weighted by atomic mass is 9.77. The molecule has 5 rings (SSSR count). The number of nitrogens with one attached hydrogen (secondary N) is 1. The fourth-order valence-electron chi connectivity index (χ4n) is 6.14. The number of piperidine rings is 1. The normalized spacial score (nSPS) is 20.3. The van der Waals surface area contributed by atoms with Crippen LogP contribution in [0.1, 0.15) is 37.3 Å². The largest absolute Gasteiger partial charge is 0.416 e. The molecule has 15 heteroatoms. The summed E-state index contributed by atoms with van der Waals surface area (Å²) in [6, 6.07) is 5.13. The predicted octanol–water partition coefficient (Wildman–Crippen LogP) is 2.90. The number of aromatic nitrogens is 2. The highest BCUT2D eigenvalue weighted by Gasteiger charge is 2.43. The number of benzene rings is 1. The molecule has 0 unspecified atom stereocenters. The molecule has 2 aromatic rings. The van der Waals surface area contributed by atoms with Crippen LogP contribution in [0.4, 0.5) is 29.5 Å². The number of nitrogens with zero attached hydrogens (tertiary/aromatic N) is 6. The number of hydrogen-bond acceptors (Lipinski definition) is 7. The predicted molar refractivity (Wildman–Crippen MR) is 151 cm³/mol. The number of carbonyl (C=O) groups excluding carboxylic acids is 2. The van der Waals surface area contributed by atoms with Gasteiger partial charge in [-0.2, -0.15) is 17.9 Å². The maximum absolute atomic E-state index is 13.7. The second-order valence-electron chi connectivity index (χ2n) is 11.5. The third-order valence-corrected chi connectivity index (χ3v) is 9.83. The quantitative estimate of drug-likeness (QED) is 0.554. The lowest BCUT2D eigenvalue weighted by molar-refractivity contribution is -0.137. The summed E-state index contributed by atoms with van der Waals surface area (Å²) in [5.74, 6) is -0.00117. The molecular formula is C27H36F3N7O4S. The van der Waals surface area contributed by atoms with E-state index in [-0.39, 0.29) is 23.2 Å². The molecule has 42 heavy (non-hydrogen) atoms. The first-order valence-electron chi connectivity index (χ1n) is 14.0. The van der Waals surface area contributed by atoms with Crippen molar-refractivity contribution in [2.24, 2.45) is 5.41 Å². The summed E-state index contributed by atoms with van der Waals surface area (Å²) < 4.78 is 67.8. The number of piperazine rings is 1. The number of halogens is 3. The van der Waals surface area contributed by atoms with E-state index in [9.17, 15) is 31.2 Å². The van der Waals surface area contributed by atoms with Gasteiger partial charge in [0.1, 0.15) is 0 Å². The van der Waals surface area contributed by atoms with Crippen LogP contribution in [0.3, 0.4) is 0 Å². The molecule has 2 amide bonds. The molecule has 3 saturated heterocycles. The lowest BCUT2D eigenvalue weighted by Gasteiger charge is -2.41. The van der Waals surface area contributed by atoms with Gasteiger partial charge in [0.2, 0.25) is 15.9 Å². The third-order valence-electron chi connectivity index (χ3n) is 8.58. The lowest BCUT2D eigenvalue weighted by Crippen LogP contribution is -2.49. The van der Waals surface area contributed by atoms with Crippen molar-refractivity contribution >= 4 is 33.5 Å². The Kier molecular flexibility index (Phi) is 8.29. The van der Waals surface area contributed by atoms with E-state index < -0.39 is 21.8 Å². The molecule has 1 spiro atoms. The first kappa shape index (κ1) is 30.3. The minimum Gasteiger partial charge on any atom is -0.371 e. The highest BCUT2D eigenvalue weighted by atomic mass is 32.2. The molecule has 1 aromatic heterocycles. The number of sulfonamides is 1. The number of amides is 2. The van der Waals surface area contributed by atoms with Gasteiger partial charge in [-0.15, -0.1) is 5.10 Å². The van der Waals surface area contributed by atoms with E-state index >= 15 is 0 Å². The van der Waals surface area contributed by atoms with Gasteiger partial charge in [0.05, 0.1) is 11.8 Å². The summed E-state index contributed by atoms with van der Waals surface area (Å²) in [5, 5.41) is 6.63. The Bertz CT molecular complexity index is 1430. The maximum Gasteiger partial charge on any atom is 0.416 e. The van der Waals surface area contributed by atoms with Crippen LogP contribution in [0.25, 0.3) is 0 Å². The molecule has 4 heterocycles. The van der Waals surface area contributed by atoms with E-state index in [0.29, 0.717) is 77.4 Å². The van der Waals surface area contributed by atoms with E-state index in [4.69, 9.17) is 0 Å². The molecule has 3 aliphatic rings. The number of anilines is 2. The van der Waals surface area contributed by atoms with Gasteiger partial charge in [-0.1, -0.05) is 6.07 Å². The zero-order chi connectivity index (χ0) is 30.3. The first-order valence-corrected chi connectivity index (χ1v) is 15.8. The molecular weight excluding hydrogens is 575 g/mol. The number of alkyl halides is 3. The van der Waals surface area contributed by atoms with Crippen molar-refractivity contribution in [3.05, 3.63) is 41.6 Å². The van der Waals surface area contributed by atoms with Crippen molar-refractivity contribution in [1.29, 1.82) is 0 Å². The summed E-state index contributed by atoms with van der Waals surface area (Å²) in [7, 11) is -3.27. The maximum atomic E-state index is 13.7. The highest BCUT2D eigenvalue weighted by Crippen LogP contribution is 2.43. The second kappa shape index (κ2) is 11.5. The standard InChI is InChI=1S/C27H36F3N7O4S/c1-20(38)31-24-5-9-37(32-24)25(39)35-15-13-33(14-16-35)18-21-3-4-22(27(28,29)30)17-23(21)34-10-6-26(7-11-34)8-12-36(19-26)42(2,40)41/h3-5,9,17H,6-8,10-16,18-19H2,1-2H3,(H,31,32,38). The molecule has 230 valence electrons. The zero-order valence-electron chi connectivity index (χ0n) is 23.7. The van der Waals surface area contributed by atoms with Crippen molar-refractivity contribution in [2.45, 2.75) is 38.9 Å². The SMILES string of the molecule is CC(=O)Nc1ccn(C(=O)N2CCN(Cc3ccc(C(F)(F)F)cc3N3CCC4(CC3)CCN(S(C)(=O)=O)C4)CC2)n1. The Hall–Kier alpha value is -3.17. The fourth-order valence-corrected chi connectivity index (χ4v) is 7.07. The third kappa shape index (κ3) is 6.73. The van der Waals surface area contributed by atoms with E-state index in [1.807, 2.05) is 4.90 Å². The topological polar surface area (TPSA) is 111 Å². The van der Waals surface area contributed by atoms with Crippen LogP contribution in [0.2, 0.25) is 0 Å². The first-order chi connectivity index (χ1) is 19.7. The van der Waals surface area contributed by atoms with Gasteiger partial charge in [-0.05, 0) is 42.4 Å². The average Bonchev–Trinajstić information content (AvgIpc) is 3.56. The smallest absolute Gasteiger partial charge is 0.371 e. The molecule has 0 bridgehead atoms. The van der Waals surface area contributed by atoms with Gasteiger partial charge in [0.25, 0.3) is 0 Å². The van der Waals surface area contributed by atoms with Crippen molar-refractivity contribution in [3.63, 3.8) is 0 Å². The summed E-state index contributed by atoms with van der Waals surface area (Å²) >= 11 is 0. The Morgan fingerprint density at radius 1 is 1.00 bits per heavy atom. The highest BCUT2D eigenvalue weighted by molar-refractivity contribution is 7.88. The monoisotopic (exact) mass is 611 g/mol. The van der Waals surface area contributed by atoms with Crippen molar-refractivity contribution in [1.82, 2.24) is 23.9 Å². The zero-order valence-corrected chi connectivity index (χ0v) is 24.5. The fraction of sp³-hybridized carbons (Fsp3) is 0.593. The molecule has 0 aliphatic carbocycles. The van der Waals surface area contributed by atoms with E-state index in [1.165, 1.54) is 34.4 Å². The van der Waals surface area contributed by atoms with Crippen LogP contribution >= 0.6 is 0 Å². The summed E-state index contributed by atoms with van der Waals surface area (Å²) in [4.78, 5) is 29.9. The van der Waals surface area contributed by atoms with Gasteiger partial charge in [-0.25, -0.2) is 17.5 Å². The summed E-state index contributed by atoms with van der Waals surface area (Å²) in [5.41, 5.74) is 0.508. The van der Waals surface area contributed by atoms with E-state index in [2.05, 4.69) is 15.3 Å². The number of rotatable bonds is 5. The number of carbonyl (C=O) groups is 2.